The quantitative estimate of drug-likeness (QED) is 0.273. The van der Waals surface area contributed by atoms with E-state index in [0.29, 0.717) is 32.6 Å². The summed E-state index contributed by atoms with van der Waals surface area (Å²) in [5.74, 6) is 0.241. The molecular weight excluding hydrogens is 415 g/mol. The molecule has 0 amide bonds. The molecule has 144 valence electrons. The Morgan fingerprint density at radius 2 is 1.90 bits per heavy atom. The van der Waals surface area contributed by atoms with Crippen molar-refractivity contribution in [2.45, 2.75) is 0 Å². The summed E-state index contributed by atoms with van der Waals surface area (Å²) in [6.07, 6.45) is 1.31. The smallest absolute Gasteiger partial charge is 0.270 e. The summed E-state index contributed by atoms with van der Waals surface area (Å²) in [6, 6.07) is 13.9. The molecule has 4 rings (SSSR count). The minimum absolute atomic E-state index is 0.137. The molecule has 0 aliphatic carbocycles. The number of H-pyrrole nitrogens is 1. The number of fused-ring (bicyclic) bond motifs is 1. The number of rotatable bonds is 4. The highest BCUT2D eigenvalue weighted by molar-refractivity contribution is 6.36. The second-order valence-corrected chi connectivity index (χ2v) is 6.99. The Hall–Kier alpha value is -3.42. The first-order valence-electron chi connectivity index (χ1n) is 8.35. The van der Waals surface area contributed by atoms with Gasteiger partial charge in [-0.2, -0.15) is 0 Å². The number of aromatic amines is 1. The van der Waals surface area contributed by atoms with Crippen molar-refractivity contribution in [2.75, 3.05) is 0 Å². The highest BCUT2D eigenvalue weighted by Crippen LogP contribution is 2.31. The summed E-state index contributed by atoms with van der Waals surface area (Å²) >= 11 is 12.2. The van der Waals surface area contributed by atoms with Gasteiger partial charge in [-0.15, -0.1) is 0 Å². The Morgan fingerprint density at radius 1 is 1.07 bits per heavy atom. The van der Waals surface area contributed by atoms with Crippen molar-refractivity contribution in [3.05, 3.63) is 80.3 Å². The van der Waals surface area contributed by atoms with Gasteiger partial charge >= 0.3 is 0 Å². The predicted octanol–water partition coefficient (Wildman–Crippen LogP) is 5.27. The zero-order valence-corrected chi connectivity index (χ0v) is 16.1. The average molecular weight is 426 g/mol. The van der Waals surface area contributed by atoms with Gasteiger partial charge in [-0.05, 0) is 42.0 Å². The number of imidazole rings is 1. The summed E-state index contributed by atoms with van der Waals surface area (Å²) in [7, 11) is 0. The molecule has 0 fully saturated rings. The van der Waals surface area contributed by atoms with Crippen molar-refractivity contribution < 1.29 is 10.0 Å². The van der Waals surface area contributed by atoms with E-state index in [1.807, 2.05) is 0 Å². The lowest BCUT2D eigenvalue weighted by atomic mass is 10.2. The van der Waals surface area contributed by atoms with Gasteiger partial charge < -0.3 is 10.1 Å². The zero-order chi connectivity index (χ0) is 20.5. The van der Waals surface area contributed by atoms with Gasteiger partial charge in [0.2, 0.25) is 0 Å². The number of non-ortho nitro benzene ring substituents is 1. The molecule has 0 bridgehead atoms. The highest BCUT2D eigenvalue weighted by Gasteiger charge is 2.10. The largest absolute Gasteiger partial charge is 0.872 e. The highest BCUT2D eigenvalue weighted by atomic mass is 35.5. The van der Waals surface area contributed by atoms with E-state index in [2.05, 4.69) is 15.0 Å². The number of nitro groups is 1. The number of hydrogen-bond donors (Lipinski definition) is 1. The minimum atomic E-state index is -0.559. The number of nitrogens with one attached hydrogen (secondary N) is 1. The van der Waals surface area contributed by atoms with E-state index >= 15 is 0 Å². The van der Waals surface area contributed by atoms with Gasteiger partial charge in [-0.1, -0.05) is 35.0 Å². The molecule has 0 atom stereocenters. The molecule has 0 aliphatic rings. The fraction of sp³-hybridized carbons (Fsp3) is 0. The third-order valence-electron chi connectivity index (χ3n) is 4.21. The number of benzene rings is 3. The van der Waals surface area contributed by atoms with Crippen LogP contribution in [0.1, 0.15) is 5.56 Å². The van der Waals surface area contributed by atoms with Crippen LogP contribution in [0.4, 0.5) is 11.4 Å². The first-order chi connectivity index (χ1) is 13.9. The third-order valence-corrected chi connectivity index (χ3v) is 4.76. The Kier molecular flexibility index (Phi) is 4.92. The van der Waals surface area contributed by atoms with Crippen molar-refractivity contribution in [1.29, 1.82) is 0 Å². The second kappa shape index (κ2) is 7.54. The molecule has 4 aromatic rings. The van der Waals surface area contributed by atoms with Crippen molar-refractivity contribution in [3.63, 3.8) is 0 Å². The van der Waals surface area contributed by atoms with E-state index in [4.69, 9.17) is 23.2 Å². The van der Waals surface area contributed by atoms with E-state index in [9.17, 15) is 15.2 Å². The SMILES string of the molecule is O=[N+]([O-])c1ccc([O-])c(C=Nc2ccc3nc(-c4ccc(Cl)cc4Cl)[nH]c3c2)c1. The molecule has 0 radical (unpaired) electrons. The standard InChI is InChI=1S/C20H12Cl2N4O3/c21-12-1-4-15(16(22)8-12)20-24-17-5-2-13(9-18(17)25-20)23-10-11-7-14(26(28)29)3-6-19(11)27/h1-10,27H,(H,24,25)/p-1. The minimum Gasteiger partial charge on any atom is -0.872 e. The maximum atomic E-state index is 11.9. The summed E-state index contributed by atoms with van der Waals surface area (Å²) in [5.41, 5.74) is 2.68. The van der Waals surface area contributed by atoms with Crippen LogP contribution in [-0.2, 0) is 0 Å². The van der Waals surface area contributed by atoms with Crippen LogP contribution in [0, 0.1) is 10.1 Å². The molecule has 0 saturated carbocycles. The lowest BCUT2D eigenvalue weighted by Crippen LogP contribution is -1.98. The number of aliphatic imine (C=N–C) groups is 1. The van der Waals surface area contributed by atoms with Crippen LogP contribution in [0.25, 0.3) is 22.4 Å². The van der Waals surface area contributed by atoms with Crippen molar-refractivity contribution in [1.82, 2.24) is 9.97 Å². The Labute approximate surface area is 174 Å². The number of hydrogen-bond acceptors (Lipinski definition) is 5. The summed E-state index contributed by atoms with van der Waals surface area (Å²) < 4.78 is 0. The Morgan fingerprint density at radius 3 is 2.66 bits per heavy atom. The van der Waals surface area contributed by atoms with Crippen LogP contribution in [0.3, 0.4) is 0 Å². The Bertz CT molecular complexity index is 1280. The molecule has 0 saturated heterocycles. The number of nitro benzene ring substituents is 1. The molecule has 0 aliphatic heterocycles. The van der Waals surface area contributed by atoms with E-state index in [-0.39, 0.29) is 17.0 Å². The third kappa shape index (κ3) is 3.91. The molecule has 0 spiro atoms. The summed E-state index contributed by atoms with van der Waals surface area (Å²) in [4.78, 5) is 22.3. The number of aromatic nitrogens is 2. The fourth-order valence-corrected chi connectivity index (χ4v) is 3.28. The van der Waals surface area contributed by atoms with Crippen LogP contribution in [0.5, 0.6) is 5.75 Å². The van der Waals surface area contributed by atoms with E-state index < -0.39 is 4.92 Å². The lowest BCUT2D eigenvalue weighted by Gasteiger charge is -2.08. The Balaban J connectivity index is 1.67. The second-order valence-electron chi connectivity index (χ2n) is 6.15. The van der Waals surface area contributed by atoms with Gasteiger partial charge in [0.1, 0.15) is 5.82 Å². The molecule has 9 heteroatoms. The van der Waals surface area contributed by atoms with Crippen LogP contribution >= 0.6 is 23.2 Å². The molecule has 1 aromatic heterocycles. The van der Waals surface area contributed by atoms with Gasteiger partial charge in [0, 0.05) is 28.9 Å². The van der Waals surface area contributed by atoms with Crippen LogP contribution < -0.4 is 5.11 Å². The van der Waals surface area contributed by atoms with Crippen molar-refractivity contribution in [3.8, 4) is 17.1 Å². The van der Waals surface area contributed by atoms with Gasteiger partial charge in [0.25, 0.3) is 5.69 Å². The van der Waals surface area contributed by atoms with Crippen LogP contribution in [-0.4, -0.2) is 21.1 Å². The summed E-state index contributed by atoms with van der Waals surface area (Å²) in [5, 5.41) is 23.8. The monoisotopic (exact) mass is 425 g/mol. The maximum Gasteiger partial charge on any atom is 0.270 e. The fourth-order valence-electron chi connectivity index (χ4n) is 2.78. The van der Waals surface area contributed by atoms with Gasteiger partial charge in [0.05, 0.1) is 26.7 Å². The van der Waals surface area contributed by atoms with E-state index in [0.717, 1.165) is 11.6 Å². The molecule has 7 nitrogen and oxygen atoms in total. The first-order valence-corrected chi connectivity index (χ1v) is 9.11. The number of nitrogens with zero attached hydrogens (tertiary/aromatic N) is 3. The molecule has 1 heterocycles. The lowest BCUT2D eigenvalue weighted by molar-refractivity contribution is -0.385. The predicted molar refractivity (Wildman–Crippen MR) is 111 cm³/mol. The van der Waals surface area contributed by atoms with Crippen molar-refractivity contribution in [2.24, 2.45) is 4.99 Å². The van der Waals surface area contributed by atoms with E-state index in [1.54, 1.807) is 36.4 Å². The van der Waals surface area contributed by atoms with Gasteiger partial charge in [0.15, 0.2) is 0 Å². The molecule has 0 unspecified atom stereocenters. The zero-order valence-electron chi connectivity index (χ0n) is 14.6. The molecule has 1 N–H and O–H groups in total. The van der Waals surface area contributed by atoms with Gasteiger partial charge in [-0.3, -0.25) is 15.1 Å². The van der Waals surface area contributed by atoms with Gasteiger partial charge in [-0.25, -0.2) is 4.98 Å². The van der Waals surface area contributed by atoms with E-state index in [1.165, 1.54) is 18.3 Å². The van der Waals surface area contributed by atoms with Crippen LogP contribution in [0.2, 0.25) is 10.0 Å². The maximum absolute atomic E-state index is 11.9. The summed E-state index contributed by atoms with van der Waals surface area (Å²) in [6.45, 7) is 0. The average Bonchev–Trinajstić information content (AvgIpc) is 3.10. The topological polar surface area (TPSA) is 107 Å². The van der Waals surface area contributed by atoms with Crippen LogP contribution in [0.15, 0.2) is 59.6 Å². The molecule has 29 heavy (non-hydrogen) atoms. The first kappa shape index (κ1) is 18.9. The number of halogens is 2. The normalized spacial score (nSPS) is 11.4. The molecule has 3 aromatic carbocycles. The molecular formula is C20H11Cl2N4O3-. The van der Waals surface area contributed by atoms with Crippen molar-refractivity contribution >= 4 is 51.8 Å².